The van der Waals surface area contributed by atoms with Gasteiger partial charge in [-0.3, -0.25) is 24.2 Å². The van der Waals surface area contributed by atoms with Crippen molar-refractivity contribution in [2.45, 2.75) is 70.1 Å². The van der Waals surface area contributed by atoms with E-state index in [-0.39, 0.29) is 50.5 Å². The summed E-state index contributed by atoms with van der Waals surface area (Å²) in [4.78, 5) is 65.0. The summed E-state index contributed by atoms with van der Waals surface area (Å²) < 4.78 is 0. The molecule has 0 aliphatic rings. The lowest BCUT2D eigenvalue weighted by atomic mass is 10.0. The molecule has 15 heteroatoms. The summed E-state index contributed by atoms with van der Waals surface area (Å²) in [6.07, 6.45) is 1.98. The van der Waals surface area contributed by atoms with Crippen LogP contribution in [0.5, 0.6) is 0 Å². The second-order valence-electron chi connectivity index (χ2n) is 8.53. The van der Waals surface area contributed by atoms with E-state index in [0.29, 0.717) is 5.75 Å². The minimum atomic E-state index is -1.29. The van der Waals surface area contributed by atoms with E-state index in [0.717, 1.165) is 0 Å². The molecule has 14 nitrogen and oxygen atoms in total. The molecular weight excluding hydrogens is 492 g/mol. The number of nitrogens with zero attached hydrogens (tertiary/aromatic N) is 1. The number of nitrogens with one attached hydrogen (secondary N) is 3. The van der Waals surface area contributed by atoms with Crippen LogP contribution in [0.1, 0.15) is 46.0 Å². The Balaban J connectivity index is 5.51. The van der Waals surface area contributed by atoms with Crippen molar-refractivity contribution in [3.8, 4) is 0 Å². The monoisotopic (exact) mass is 532 g/mol. The number of hydrogen-bond donors (Lipinski definition) is 8. The molecule has 0 aliphatic carbocycles. The van der Waals surface area contributed by atoms with Crippen molar-refractivity contribution in [1.82, 2.24) is 16.0 Å². The number of carbonyl (C=O) groups is 5. The number of amides is 4. The fraction of sp³-hybridized carbons (Fsp3) is 0.714. The SMILES string of the molecule is CSCCC(NC(=O)C(N)C(C)C)C(=O)NC(CCC(N)=O)C(=O)NC(CCCN=C(N)N)C(=O)O. The summed E-state index contributed by atoms with van der Waals surface area (Å²) in [5, 5.41) is 16.9. The van der Waals surface area contributed by atoms with Gasteiger partial charge in [-0.05, 0) is 43.6 Å². The van der Waals surface area contributed by atoms with Gasteiger partial charge in [0.1, 0.15) is 18.1 Å². The number of aliphatic carboxylic acids is 1. The highest BCUT2D eigenvalue weighted by Gasteiger charge is 2.30. The number of hydrogen-bond acceptors (Lipinski definition) is 8. The molecule has 4 amide bonds. The van der Waals surface area contributed by atoms with Crippen LogP contribution in [-0.4, -0.2) is 83.4 Å². The number of carboxylic acid groups (broad SMARTS) is 1. The number of primary amides is 1. The molecule has 0 fully saturated rings. The van der Waals surface area contributed by atoms with Crippen molar-refractivity contribution in [3.63, 3.8) is 0 Å². The lowest BCUT2D eigenvalue weighted by Crippen LogP contribution is -2.57. The van der Waals surface area contributed by atoms with E-state index in [9.17, 15) is 29.1 Å². The largest absolute Gasteiger partial charge is 0.480 e. The molecule has 0 aromatic rings. The van der Waals surface area contributed by atoms with Gasteiger partial charge in [0.2, 0.25) is 23.6 Å². The predicted octanol–water partition coefficient (Wildman–Crippen LogP) is -2.42. The number of rotatable bonds is 18. The Morgan fingerprint density at radius 1 is 0.861 bits per heavy atom. The van der Waals surface area contributed by atoms with Crippen LogP contribution >= 0.6 is 11.8 Å². The third kappa shape index (κ3) is 13.7. The Morgan fingerprint density at radius 3 is 1.86 bits per heavy atom. The predicted molar refractivity (Wildman–Crippen MR) is 138 cm³/mol. The Kier molecular flexibility index (Phi) is 15.9. The van der Waals surface area contributed by atoms with Crippen molar-refractivity contribution in [3.05, 3.63) is 0 Å². The van der Waals surface area contributed by atoms with Crippen LogP contribution in [-0.2, 0) is 24.0 Å². The minimum absolute atomic E-state index is 0.0217. The molecule has 36 heavy (non-hydrogen) atoms. The quantitative estimate of drug-likeness (QED) is 0.0526. The molecule has 0 aromatic carbocycles. The van der Waals surface area contributed by atoms with Gasteiger partial charge in [-0.25, -0.2) is 4.79 Å². The zero-order chi connectivity index (χ0) is 27.8. The van der Waals surface area contributed by atoms with Gasteiger partial charge in [0.15, 0.2) is 5.96 Å². The highest BCUT2D eigenvalue weighted by Crippen LogP contribution is 2.07. The van der Waals surface area contributed by atoms with E-state index in [2.05, 4.69) is 20.9 Å². The summed E-state index contributed by atoms with van der Waals surface area (Å²) in [5.74, 6) is -3.77. The van der Waals surface area contributed by atoms with Crippen LogP contribution in [0.2, 0.25) is 0 Å². The van der Waals surface area contributed by atoms with Gasteiger partial charge in [-0.2, -0.15) is 11.8 Å². The van der Waals surface area contributed by atoms with E-state index in [1.807, 2.05) is 6.26 Å². The number of guanidine groups is 1. The molecule has 0 rings (SSSR count). The smallest absolute Gasteiger partial charge is 0.326 e. The van der Waals surface area contributed by atoms with Crippen LogP contribution in [0.4, 0.5) is 0 Å². The van der Waals surface area contributed by atoms with Gasteiger partial charge < -0.3 is 44.0 Å². The van der Waals surface area contributed by atoms with Crippen LogP contribution in [0, 0.1) is 5.92 Å². The number of aliphatic imine (C=N–C) groups is 1. The first-order chi connectivity index (χ1) is 16.8. The van der Waals surface area contributed by atoms with Crippen molar-refractivity contribution < 1.29 is 29.1 Å². The van der Waals surface area contributed by atoms with Crippen LogP contribution in [0.15, 0.2) is 4.99 Å². The Bertz CT molecular complexity index is 790. The molecule has 0 aromatic heterocycles. The highest BCUT2D eigenvalue weighted by molar-refractivity contribution is 7.98. The Labute approximate surface area is 215 Å². The molecule has 0 saturated carbocycles. The number of carboxylic acids is 1. The van der Waals surface area contributed by atoms with E-state index in [1.54, 1.807) is 13.8 Å². The van der Waals surface area contributed by atoms with E-state index < -0.39 is 53.8 Å². The highest BCUT2D eigenvalue weighted by atomic mass is 32.2. The third-order valence-electron chi connectivity index (χ3n) is 5.14. The molecule has 0 heterocycles. The first-order valence-electron chi connectivity index (χ1n) is 11.5. The van der Waals surface area contributed by atoms with Crippen LogP contribution in [0.3, 0.4) is 0 Å². The van der Waals surface area contributed by atoms with E-state index >= 15 is 0 Å². The lowest BCUT2D eigenvalue weighted by molar-refractivity contribution is -0.142. The van der Waals surface area contributed by atoms with E-state index in [1.165, 1.54) is 11.8 Å². The average molecular weight is 533 g/mol. The molecule has 12 N–H and O–H groups in total. The maximum Gasteiger partial charge on any atom is 0.326 e. The fourth-order valence-electron chi connectivity index (χ4n) is 2.94. The topological polar surface area (TPSA) is 258 Å². The molecule has 0 radical (unpaired) electrons. The zero-order valence-electron chi connectivity index (χ0n) is 21.0. The van der Waals surface area contributed by atoms with Gasteiger partial charge in [-0.15, -0.1) is 0 Å². The lowest BCUT2D eigenvalue weighted by Gasteiger charge is -2.25. The first kappa shape index (κ1) is 32.9. The summed E-state index contributed by atoms with van der Waals surface area (Å²) >= 11 is 1.46. The standard InChI is InChI=1S/C21H40N8O6S/c1-11(2)16(23)19(33)28-13(8-10-36-3)18(32)27-12(6-7-15(22)30)17(31)29-14(20(34)35)5-4-9-26-21(24)25/h11-14,16H,4-10,23H2,1-3H3,(H2,22,30)(H,27,32)(H,28,33)(H,29,31)(H,34,35)(H4,24,25,26). The average Bonchev–Trinajstić information content (AvgIpc) is 2.79. The molecule has 0 aliphatic heterocycles. The second kappa shape index (κ2) is 17.4. The van der Waals surface area contributed by atoms with Crippen LogP contribution in [0.25, 0.3) is 0 Å². The summed E-state index contributed by atoms with van der Waals surface area (Å²) in [6, 6.07) is -4.37. The molecule has 0 bridgehead atoms. The van der Waals surface area contributed by atoms with Gasteiger partial charge in [0, 0.05) is 13.0 Å². The maximum atomic E-state index is 13.0. The van der Waals surface area contributed by atoms with Gasteiger partial charge in [0.25, 0.3) is 0 Å². The molecule has 206 valence electrons. The molecular formula is C21H40N8O6S. The van der Waals surface area contributed by atoms with Crippen molar-refractivity contribution in [2.75, 3.05) is 18.6 Å². The zero-order valence-corrected chi connectivity index (χ0v) is 21.8. The summed E-state index contributed by atoms with van der Waals surface area (Å²) in [6.45, 7) is 3.70. The minimum Gasteiger partial charge on any atom is -0.480 e. The van der Waals surface area contributed by atoms with Gasteiger partial charge >= 0.3 is 5.97 Å². The molecule has 0 spiro atoms. The van der Waals surface area contributed by atoms with Gasteiger partial charge in [0.05, 0.1) is 6.04 Å². The first-order valence-corrected chi connectivity index (χ1v) is 12.9. The summed E-state index contributed by atoms with van der Waals surface area (Å²) in [5.41, 5.74) is 21.5. The Morgan fingerprint density at radius 2 is 1.39 bits per heavy atom. The number of nitrogens with two attached hydrogens (primary N) is 4. The van der Waals surface area contributed by atoms with Crippen molar-refractivity contribution >= 4 is 47.3 Å². The van der Waals surface area contributed by atoms with Gasteiger partial charge in [-0.1, -0.05) is 13.8 Å². The van der Waals surface area contributed by atoms with Crippen molar-refractivity contribution in [1.29, 1.82) is 0 Å². The fourth-order valence-corrected chi connectivity index (χ4v) is 3.41. The Hall–Kier alpha value is -3.07. The summed E-state index contributed by atoms with van der Waals surface area (Å²) in [7, 11) is 0. The molecule has 0 saturated heterocycles. The number of carbonyl (C=O) groups excluding carboxylic acids is 4. The van der Waals surface area contributed by atoms with Crippen LogP contribution < -0.4 is 38.9 Å². The normalized spacial score (nSPS) is 14.1. The molecule has 4 unspecified atom stereocenters. The van der Waals surface area contributed by atoms with Crippen molar-refractivity contribution in [2.24, 2.45) is 33.8 Å². The maximum absolute atomic E-state index is 13.0. The third-order valence-corrected chi connectivity index (χ3v) is 5.78. The molecule has 4 atom stereocenters. The van der Waals surface area contributed by atoms with E-state index in [4.69, 9.17) is 22.9 Å². The second-order valence-corrected chi connectivity index (χ2v) is 9.51. The number of thioether (sulfide) groups is 1.